The third-order valence-corrected chi connectivity index (χ3v) is 4.72. The fourth-order valence-corrected chi connectivity index (χ4v) is 3.06. The third-order valence-electron chi connectivity index (χ3n) is 3.45. The van der Waals surface area contributed by atoms with E-state index in [1.54, 1.807) is 19.1 Å². The number of halogens is 1. The number of thiophene rings is 1. The minimum Gasteiger partial charge on any atom is -0.465 e. The van der Waals surface area contributed by atoms with Gasteiger partial charge in [-0.2, -0.15) is 0 Å². The highest BCUT2D eigenvalue weighted by Gasteiger charge is 2.53. The molecule has 1 aliphatic rings. The molecule has 1 aliphatic carbocycles. The Bertz CT molecular complexity index is 561. The van der Waals surface area contributed by atoms with Crippen molar-refractivity contribution in [2.45, 2.75) is 26.2 Å². The molecule has 7 heteroatoms. The van der Waals surface area contributed by atoms with E-state index in [1.807, 2.05) is 0 Å². The number of ether oxygens (including phenoxy) is 2. The minimum absolute atomic E-state index is 0.209. The van der Waals surface area contributed by atoms with E-state index in [9.17, 15) is 14.4 Å². The van der Waals surface area contributed by atoms with Crippen LogP contribution in [0.2, 0.25) is 4.34 Å². The lowest BCUT2D eigenvalue weighted by atomic mass is 9.69. The molecule has 1 heterocycles. The molecule has 2 rings (SSSR count). The summed E-state index contributed by atoms with van der Waals surface area (Å²) in [5.41, 5.74) is -1.22. The van der Waals surface area contributed by atoms with E-state index in [1.165, 1.54) is 0 Å². The summed E-state index contributed by atoms with van der Waals surface area (Å²) in [4.78, 5) is 36.3. The third kappa shape index (κ3) is 3.27. The van der Waals surface area contributed by atoms with E-state index in [-0.39, 0.29) is 12.4 Å². The van der Waals surface area contributed by atoms with E-state index >= 15 is 0 Å². The number of ketones is 1. The summed E-state index contributed by atoms with van der Waals surface area (Å²) in [5.74, 6) is -1.57. The molecule has 0 saturated heterocycles. The lowest BCUT2D eigenvalue weighted by Crippen LogP contribution is -2.47. The summed E-state index contributed by atoms with van der Waals surface area (Å²) in [6.45, 7) is 1.50. The maximum absolute atomic E-state index is 12.1. The monoisotopic (exact) mass is 330 g/mol. The van der Waals surface area contributed by atoms with Gasteiger partial charge in [0.1, 0.15) is 0 Å². The van der Waals surface area contributed by atoms with Crippen LogP contribution >= 0.6 is 22.9 Å². The van der Waals surface area contributed by atoms with E-state index in [4.69, 9.17) is 21.1 Å². The van der Waals surface area contributed by atoms with Gasteiger partial charge in [-0.3, -0.25) is 14.4 Å². The molecule has 1 aromatic rings. The quantitative estimate of drug-likeness (QED) is 0.455. The van der Waals surface area contributed by atoms with Crippen molar-refractivity contribution in [1.29, 1.82) is 0 Å². The van der Waals surface area contributed by atoms with Gasteiger partial charge in [-0.1, -0.05) is 11.6 Å². The maximum Gasteiger partial charge on any atom is 0.323 e. The number of esters is 2. The fraction of sp³-hybridized carbons (Fsp3) is 0.500. The molecule has 0 radical (unpaired) electrons. The predicted molar refractivity (Wildman–Crippen MR) is 77.5 cm³/mol. The zero-order chi connectivity index (χ0) is 15.5. The molecule has 0 atom stereocenters. The highest BCUT2D eigenvalue weighted by molar-refractivity contribution is 7.18. The van der Waals surface area contributed by atoms with Crippen molar-refractivity contribution in [3.05, 3.63) is 21.3 Å². The number of Topliss-reactive ketones (excluding diaryl/α,β-unsaturated/α-hetero) is 1. The molecular formula is C14H15ClO5S. The van der Waals surface area contributed by atoms with Gasteiger partial charge in [0.2, 0.25) is 5.78 Å². The Morgan fingerprint density at radius 3 is 2.38 bits per heavy atom. The molecule has 21 heavy (non-hydrogen) atoms. The summed E-state index contributed by atoms with van der Waals surface area (Å²) >= 11 is 6.87. The van der Waals surface area contributed by atoms with Crippen LogP contribution in [0.5, 0.6) is 0 Å². The Balaban J connectivity index is 1.94. The first-order valence-electron chi connectivity index (χ1n) is 6.62. The molecule has 0 aliphatic heterocycles. The fourth-order valence-electron chi connectivity index (χ4n) is 2.10. The van der Waals surface area contributed by atoms with Crippen LogP contribution in [-0.2, 0) is 19.1 Å². The van der Waals surface area contributed by atoms with Crippen molar-refractivity contribution in [2.24, 2.45) is 5.41 Å². The zero-order valence-electron chi connectivity index (χ0n) is 11.5. The first-order chi connectivity index (χ1) is 9.99. The van der Waals surface area contributed by atoms with Crippen LogP contribution in [0.4, 0.5) is 0 Å². The number of carbonyl (C=O) groups excluding carboxylic acids is 3. The van der Waals surface area contributed by atoms with Crippen LogP contribution in [0.3, 0.4) is 0 Å². The molecule has 1 aromatic heterocycles. The number of hydrogen-bond acceptors (Lipinski definition) is 6. The summed E-state index contributed by atoms with van der Waals surface area (Å²) < 4.78 is 10.4. The van der Waals surface area contributed by atoms with Gasteiger partial charge in [0.15, 0.2) is 12.0 Å². The Morgan fingerprint density at radius 1 is 1.24 bits per heavy atom. The van der Waals surface area contributed by atoms with Crippen molar-refractivity contribution >= 4 is 40.7 Å². The molecule has 0 N–H and O–H groups in total. The minimum atomic E-state index is -1.22. The molecule has 114 valence electrons. The molecule has 0 amide bonds. The van der Waals surface area contributed by atoms with Gasteiger partial charge in [-0.25, -0.2) is 0 Å². The van der Waals surface area contributed by atoms with Crippen LogP contribution in [0, 0.1) is 5.41 Å². The van der Waals surface area contributed by atoms with E-state index < -0.39 is 24.0 Å². The average molecular weight is 331 g/mol. The van der Waals surface area contributed by atoms with Gasteiger partial charge in [0.25, 0.3) is 0 Å². The smallest absolute Gasteiger partial charge is 0.323 e. The van der Waals surface area contributed by atoms with Gasteiger partial charge >= 0.3 is 11.9 Å². The zero-order valence-corrected chi connectivity index (χ0v) is 13.1. The molecule has 0 unspecified atom stereocenters. The van der Waals surface area contributed by atoms with Crippen LogP contribution in [0.15, 0.2) is 12.1 Å². The van der Waals surface area contributed by atoms with Crippen LogP contribution < -0.4 is 0 Å². The summed E-state index contributed by atoms with van der Waals surface area (Å²) in [7, 11) is 0. The molecule has 0 spiro atoms. The van der Waals surface area contributed by atoms with Crippen molar-refractivity contribution in [3.63, 3.8) is 0 Å². The SMILES string of the molecule is CCOC(=O)C1(C(=O)OCC(=O)c2ccc(Cl)s2)CCC1. The van der Waals surface area contributed by atoms with Gasteiger partial charge in [0.05, 0.1) is 15.8 Å². The molecule has 0 aromatic carbocycles. The first-order valence-corrected chi connectivity index (χ1v) is 7.82. The second-order valence-corrected chi connectivity index (χ2v) is 6.47. The highest BCUT2D eigenvalue weighted by atomic mass is 35.5. The molecule has 5 nitrogen and oxygen atoms in total. The van der Waals surface area contributed by atoms with Crippen molar-refractivity contribution in [3.8, 4) is 0 Å². The van der Waals surface area contributed by atoms with Gasteiger partial charge in [-0.15, -0.1) is 11.3 Å². The maximum atomic E-state index is 12.1. The number of hydrogen-bond donors (Lipinski definition) is 0. The van der Waals surface area contributed by atoms with Gasteiger partial charge < -0.3 is 9.47 Å². The Labute approximate surface area is 131 Å². The predicted octanol–water partition coefficient (Wildman–Crippen LogP) is 2.86. The topological polar surface area (TPSA) is 69.7 Å². The van der Waals surface area contributed by atoms with Crippen LogP contribution in [0.1, 0.15) is 35.9 Å². The van der Waals surface area contributed by atoms with Crippen LogP contribution in [-0.4, -0.2) is 30.9 Å². The van der Waals surface area contributed by atoms with Crippen molar-refractivity contribution in [1.82, 2.24) is 0 Å². The summed E-state index contributed by atoms with van der Waals surface area (Å²) in [6.07, 6.45) is 1.58. The average Bonchev–Trinajstić information content (AvgIpc) is 2.81. The van der Waals surface area contributed by atoms with E-state index in [2.05, 4.69) is 0 Å². The Morgan fingerprint density at radius 2 is 1.90 bits per heavy atom. The molecule has 1 saturated carbocycles. The Kier molecular flexibility index (Phi) is 5.00. The lowest BCUT2D eigenvalue weighted by Gasteiger charge is -2.36. The van der Waals surface area contributed by atoms with Crippen molar-refractivity contribution in [2.75, 3.05) is 13.2 Å². The number of rotatable bonds is 6. The first kappa shape index (κ1) is 16.0. The highest BCUT2D eigenvalue weighted by Crippen LogP contribution is 2.43. The van der Waals surface area contributed by atoms with Crippen molar-refractivity contribution < 1.29 is 23.9 Å². The summed E-state index contributed by atoms with van der Waals surface area (Å²) in [5, 5.41) is 0. The molecule has 1 fully saturated rings. The normalized spacial score (nSPS) is 15.9. The van der Waals surface area contributed by atoms with E-state index in [0.29, 0.717) is 22.1 Å². The van der Waals surface area contributed by atoms with Gasteiger partial charge in [-0.05, 0) is 38.3 Å². The number of carbonyl (C=O) groups is 3. The van der Waals surface area contributed by atoms with Gasteiger partial charge in [0, 0.05) is 0 Å². The Hall–Kier alpha value is -1.40. The van der Waals surface area contributed by atoms with Crippen LogP contribution in [0.25, 0.3) is 0 Å². The summed E-state index contributed by atoms with van der Waals surface area (Å²) in [6, 6.07) is 3.18. The largest absolute Gasteiger partial charge is 0.465 e. The lowest BCUT2D eigenvalue weighted by molar-refractivity contribution is -0.178. The molecular weight excluding hydrogens is 316 g/mol. The molecule has 0 bridgehead atoms. The standard InChI is InChI=1S/C14H15ClO5S/c1-2-19-12(17)14(6-3-7-14)13(18)20-8-9(16)10-4-5-11(15)21-10/h4-5H,2-3,6-8H2,1H3. The second kappa shape index (κ2) is 6.58. The second-order valence-electron chi connectivity index (χ2n) is 4.76. The van der Waals surface area contributed by atoms with E-state index in [0.717, 1.165) is 17.8 Å².